The van der Waals surface area contributed by atoms with Crippen LogP contribution in [0.3, 0.4) is 0 Å². The Bertz CT molecular complexity index is 673. The van der Waals surface area contributed by atoms with Gasteiger partial charge in [-0.2, -0.15) is 0 Å². The maximum absolute atomic E-state index is 13.1. The summed E-state index contributed by atoms with van der Waals surface area (Å²) in [7, 11) is 1.83. The van der Waals surface area contributed by atoms with Crippen LogP contribution in [0.2, 0.25) is 0 Å². The predicted molar refractivity (Wildman–Crippen MR) is 82.5 cm³/mol. The number of hydrogen-bond acceptors (Lipinski definition) is 2. The molecule has 1 amide bonds. The Labute approximate surface area is 128 Å². The van der Waals surface area contributed by atoms with E-state index in [0.29, 0.717) is 6.54 Å². The number of benzene rings is 2. The molecule has 2 rings (SSSR count). The van der Waals surface area contributed by atoms with Crippen LogP contribution < -0.4 is 5.32 Å². The Kier molecular flexibility index (Phi) is 5.22. The maximum atomic E-state index is 13.1. The molecule has 2 aromatic carbocycles. The summed E-state index contributed by atoms with van der Waals surface area (Å²) in [4.78, 5) is 13.8. The SMILES string of the molecule is Cc1ccccc1CN(C)CC(=O)Nc1ccc(F)c(F)c1. The first-order chi connectivity index (χ1) is 10.5. The Morgan fingerprint density at radius 2 is 1.86 bits per heavy atom. The van der Waals surface area contributed by atoms with E-state index in [0.717, 1.165) is 23.3 Å². The molecule has 0 aliphatic carbocycles. The van der Waals surface area contributed by atoms with E-state index in [2.05, 4.69) is 5.32 Å². The van der Waals surface area contributed by atoms with Crippen LogP contribution in [0.1, 0.15) is 11.1 Å². The second-order valence-corrected chi connectivity index (χ2v) is 5.28. The van der Waals surface area contributed by atoms with E-state index in [1.54, 1.807) is 0 Å². The molecule has 0 bridgehead atoms. The van der Waals surface area contributed by atoms with E-state index >= 15 is 0 Å². The van der Waals surface area contributed by atoms with Crippen LogP contribution in [-0.2, 0) is 11.3 Å². The van der Waals surface area contributed by atoms with Crippen molar-refractivity contribution in [2.24, 2.45) is 0 Å². The Morgan fingerprint density at radius 3 is 2.55 bits per heavy atom. The largest absolute Gasteiger partial charge is 0.325 e. The third kappa shape index (κ3) is 4.36. The average Bonchev–Trinajstić information content (AvgIpc) is 2.45. The average molecular weight is 304 g/mol. The van der Waals surface area contributed by atoms with Gasteiger partial charge in [-0.25, -0.2) is 8.78 Å². The van der Waals surface area contributed by atoms with Crippen LogP contribution in [-0.4, -0.2) is 24.4 Å². The highest BCUT2D eigenvalue weighted by molar-refractivity contribution is 5.92. The van der Waals surface area contributed by atoms with Gasteiger partial charge in [-0.05, 0) is 37.2 Å². The molecule has 0 aliphatic heterocycles. The van der Waals surface area contributed by atoms with Gasteiger partial charge in [0.15, 0.2) is 11.6 Å². The number of hydrogen-bond donors (Lipinski definition) is 1. The fourth-order valence-corrected chi connectivity index (χ4v) is 2.15. The monoisotopic (exact) mass is 304 g/mol. The fourth-order valence-electron chi connectivity index (χ4n) is 2.15. The molecule has 0 radical (unpaired) electrons. The molecule has 3 nitrogen and oxygen atoms in total. The zero-order chi connectivity index (χ0) is 16.1. The molecule has 22 heavy (non-hydrogen) atoms. The molecule has 2 aromatic rings. The summed E-state index contributed by atoms with van der Waals surface area (Å²) < 4.78 is 25.9. The summed E-state index contributed by atoms with van der Waals surface area (Å²) in [5.74, 6) is -2.19. The van der Waals surface area contributed by atoms with Gasteiger partial charge in [0.25, 0.3) is 0 Å². The van der Waals surface area contributed by atoms with Crippen LogP contribution in [0.15, 0.2) is 42.5 Å². The van der Waals surface area contributed by atoms with Crippen molar-refractivity contribution in [1.82, 2.24) is 4.90 Å². The minimum Gasteiger partial charge on any atom is -0.325 e. The molecule has 0 aliphatic rings. The molecule has 0 saturated heterocycles. The van der Waals surface area contributed by atoms with Crippen molar-refractivity contribution in [2.45, 2.75) is 13.5 Å². The molecule has 1 N–H and O–H groups in total. The Hall–Kier alpha value is -2.27. The van der Waals surface area contributed by atoms with Crippen LogP contribution >= 0.6 is 0 Å². The van der Waals surface area contributed by atoms with Crippen molar-refractivity contribution in [3.05, 3.63) is 65.2 Å². The number of rotatable bonds is 5. The number of aryl methyl sites for hydroxylation is 1. The zero-order valence-corrected chi connectivity index (χ0v) is 12.6. The lowest BCUT2D eigenvalue weighted by Gasteiger charge is -2.17. The summed E-state index contributed by atoms with van der Waals surface area (Å²) in [6, 6.07) is 11.2. The lowest BCUT2D eigenvalue weighted by molar-refractivity contribution is -0.117. The number of nitrogens with zero attached hydrogens (tertiary/aromatic N) is 1. The van der Waals surface area contributed by atoms with E-state index in [4.69, 9.17) is 0 Å². The molecule has 0 fully saturated rings. The highest BCUT2D eigenvalue weighted by Crippen LogP contribution is 2.13. The molecule has 0 atom stereocenters. The Morgan fingerprint density at radius 1 is 1.14 bits per heavy atom. The van der Waals surface area contributed by atoms with E-state index in [9.17, 15) is 13.6 Å². The fraction of sp³-hybridized carbons (Fsp3) is 0.235. The molecular formula is C17H18F2N2O. The third-order valence-electron chi connectivity index (χ3n) is 3.32. The van der Waals surface area contributed by atoms with E-state index < -0.39 is 11.6 Å². The zero-order valence-electron chi connectivity index (χ0n) is 12.6. The van der Waals surface area contributed by atoms with E-state index in [1.165, 1.54) is 6.07 Å². The first-order valence-electron chi connectivity index (χ1n) is 6.93. The molecule has 0 unspecified atom stereocenters. The van der Waals surface area contributed by atoms with Crippen molar-refractivity contribution < 1.29 is 13.6 Å². The van der Waals surface area contributed by atoms with Crippen LogP contribution in [0.5, 0.6) is 0 Å². The second-order valence-electron chi connectivity index (χ2n) is 5.28. The minimum absolute atomic E-state index is 0.160. The molecule has 0 heterocycles. The van der Waals surface area contributed by atoms with Gasteiger partial charge < -0.3 is 5.32 Å². The van der Waals surface area contributed by atoms with Crippen molar-refractivity contribution in [3.63, 3.8) is 0 Å². The van der Waals surface area contributed by atoms with Crippen molar-refractivity contribution in [1.29, 1.82) is 0 Å². The van der Waals surface area contributed by atoms with Crippen LogP contribution in [0, 0.1) is 18.6 Å². The second kappa shape index (κ2) is 7.13. The molecular weight excluding hydrogens is 286 g/mol. The highest BCUT2D eigenvalue weighted by Gasteiger charge is 2.10. The van der Waals surface area contributed by atoms with Gasteiger partial charge in [-0.3, -0.25) is 9.69 Å². The Balaban J connectivity index is 1.91. The number of nitrogens with one attached hydrogen (secondary N) is 1. The molecule has 0 aromatic heterocycles. The predicted octanol–water partition coefficient (Wildman–Crippen LogP) is 3.34. The summed E-state index contributed by atoms with van der Waals surface area (Å²) in [5.41, 5.74) is 2.55. The smallest absolute Gasteiger partial charge is 0.238 e. The van der Waals surface area contributed by atoms with Gasteiger partial charge in [0.05, 0.1) is 6.54 Å². The first kappa shape index (κ1) is 16.1. The molecule has 5 heteroatoms. The number of likely N-dealkylation sites (N-methyl/N-ethyl adjacent to an activating group) is 1. The third-order valence-corrected chi connectivity index (χ3v) is 3.32. The summed E-state index contributed by atoms with van der Waals surface area (Å²) in [6.45, 7) is 2.82. The van der Waals surface area contributed by atoms with Gasteiger partial charge >= 0.3 is 0 Å². The normalized spacial score (nSPS) is 10.8. The van der Waals surface area contributed by atoms with Gasteiger partial charge in [0.2, 0.25) is 5.91 Å². The number of amides is 1. The number of halogens is 2. The summed E-state index contributed by atoms with van der Waals surface area (Å²) in [6.07, 6.45) is 0. The van der Waals surface area contributed by atoms with Crippen LogP contribution in [0.25, 0.3) is 0 Å². The first-order valence-corrected chi connectivity index (χ1v) is 6.93. The molecule has 116 valence electrons. The maximum Gasteiger partial charge on any atom is 0.238 e. The number of anilines is 1. The molecule has 0 spiro atoms. The van der Waals surface area contributed by atoms with Crippen molar-refractivity contribution >= 4 is 11.6 Å². The molecule has 0 saturated carbocycles. The summed E-state index contributed by atoms with van der Waals surface area (Å²) in [5, 5.41) is 2.55. The van der Waals surface area contributed by atoms with Gasteiger partial charge in [0.1, 0.15) is 0 Å². The standard InChI is InChI=1S/C17H18F2N2O/c1-12-5-3-4-6-13(12)10-21(2)11-17(22)20-14-7-8-15(18)16(19)9-14/h3-9H,10-11H2,1-2H3,(H,20,22). The van der Waals surface area contributed by atoms with E-state index in [-0.39, 0.29) is 18.1 Å². The van der Waals surface area contributed by atoms with E-state index in [1.807, 2.05) is 43.1 Å². The topological polar surface area (TPSA) is 32.3 Å². The van der Waals surface area contributed by atoms with Gasteiger partial charge in [-0.1, -0.05) is 24.3 Å². The lowest BCUT2D eigenvalue weighted by atomic mass is 10.1. The minimum atomic E-state index is -0.980. The highest BCUT2D eigenvalue weighted by atomic mass is 19.2. The summed E-state index contributed by atoms with van der Waals surface area (Å²) >= 11 is 0. The lowest BCUT2D eigenvalue weighted by Crippen LogP contribution is -2.30. The quantitative estimate of drug-likeness (QED) is 0.919. The van der Waals surface area contributed by atoms with Crippen molar-refractivity contribution in [2.75, 3.05) is 18.9 Å². The van der Waals surface area contributed by atoms with Gasteiger partial charge in [0, 0.05) is 18.3 Å². The van der Waals surface area contributed by atoms with Crippen LogP contribution in [0.4, 0.5) is 14.5 Å². The number of carbonyl (C=O) groups is 1. The van der Waals surface area contributed by atoms with Crippen molar-refractivity contribution in [3.8, 4) is 0 Å². The van der Waals surface area contributed by atoms with Gasteiger partial charge in [-0.15, -0.1) is 0 Å². The number of carbonyl (C=O) groups excluding carboxylic acids is 1.